The van der Waals surface area contributed by atoms with E-state index >= 15 is 0 Å². The van der Waals surface area contributed by atoms with E-state index in [-0.39, 0.29) is 11.4 Å². The highest BCUT2D eigenvalue weighted by Gasteiger charge is 2.17. The average Bonchev–Trinajstić information content (AvgIpc) is 2.35. The summed E-state index contributed by atoms with van der Waals surface area (Å²) in [6.07, 6.45) is 1.67. The molecule has 1 heterocycles. The fourth-order valence-electron chi connectivity index (χ4n) is 1.76. The van der Waals surface area contributed by atoms with Gasteiger partial charge in [0.1, 0.15) is 4.90 Å². The van der Waals surface area contributed by atoms with Crippen molar-refractivity contribution in [2.75, 3.05) is 6.54 Å². The molecule has 0 bridgehead atoms. The lowest BCUT2D eigenvalue weighted by atomic mass is 10.2. The first kappa shape index (κ1) is 13.7. The molecule has 2 rings (SSSR count). The van der Waals surface area contributed by atoms with Gasteiger partial charge in [-0.05, 0) is 31.5 Å². The van der Waals surface area contributed by atoms with Crippen molar-refractivity contribution in [2.24, 2.45) is 0 Å². The normalized spacial score (nSPS) is 11.7. The standard InChI is InChI=1S/C14H16N2O2S/c1-10(2)8-16-19(17,18)13-6-4-5-12-7-11(3)9-15-14(12)13/h4-7,9,16H,1,8H2,2-3H3. The number of nitrogens with zero attached hydrogens (tertiary/aromatic N) is 1. The van der Waals surface area contributed by atoms with Crippen LogP contribution in [-0.2, 0) is 10.0 Å². The molecule has 0 atom stereocenters. The minimum Gasteiger partial charge on any atom is -0.255 e. The molecule has 2 aromatic rings. The van der Waals surface area contributed by atoms with Crippen LogP contribution in [0.2, 0.25) is 0 Å². The van der Waals surface area contributed by atoms with Gasteiger partial charge in [0.05, 0.1) is 5.52 Å². The Kier molecular flexibility index (Phi) is 3.68. The quantitative estimate of drug-likeness (QED) is 0.872. The summed E-state index contributed by atoms with van der Waals surface area (Å²) in [7, 11) is -3.57. The second kappa shape index (κ2) is 5.11. The third-order valence-electron chi connectivity index (χ3n) is 2.66. The first-order chi connectivity index (χ1) is 8.90. The van der Waals surface area contributed by atoms with Gasteiger partial charge in [-0.25, -0.2) is 13.1 Å². The van der Waals surface area contributed by atoms with Gasteiger partial charge in [0.2, 0.25) is 10.0 Å². The Balaban J connectivity index is 2.53. The molecule has 1 N–H and O–H groups in total. The summed E-state index contributed by atoms with van der Waals surface area (Å²) in [5.41, 5.74) is 2.24. The van der Waals surface area contributed by atoms with Gasteiger partial charge in [-0.2, -0.15) is 0 Å². The average molecular weight is 276 g/mol. The number of rotatable bonds is 4. The van der Waals surface area contributed by atoms with E-state index in [0.29, 0.717) is 5.52 Å². The molecule has 0 aliphatic carbocycles. The zero-order valence-electron chi connectivity index (χ0n) is 11.0. The topological polar surface area (TPSA) is 59.1 Å². The van der Waals surface area contributed by atoms with Crippen molar-refractivity contribution >= 4 is 20.9 Å². The number of hydrogen-bond acceptors (Lipinski definition) is 3. The molecule has 0 saturated heterocycles. The summed E-state index contributed by atoms with van der Waals surface area (Å²) in [4.78, 5) is 4.43. The van der Waals surface area contributed by atoms with E-state index in [1.807, 2.05) is 19.1 Å². The van der Waals surface area contributed by atoms with Gasteiger partial charge in [0, 0.05) is 18.1 Å². The molecule has 0 unspecified atom stereocenters. The van der Waals surface area contributed by atoms with Crippen LogP contribution in [0.1, 0.15) is 12.5 Å². The summed E-state index contributed by atoms with van der Waals surface area (Å²) < 4.78 is 27.0. The predicted octanol–water partition coefficient (Wildman–Crippen LogP) is 2.40. The molecule has 1 aromatic heterocycles. The Morgan fingerprint density at radius 1 is 1.42 bits per heavy atom. The second-order valence-electron chi connectivity index (χ2n) is 4.62. The number of aromatic nitrogens is 1. The van der Waals surface area contributed by atoms with Crippen molar-refractivity contribution < 1.29 is 8.42 Å². The number of para-hydroxylation sites is 1. The van der Waals surface area contributed by atoms with Gasteiger partial charge >= 0.3 is 0 Å². The lowest BCUT2D eigenvalue weighted by Crippen LogP contribution is -2.25. The number of hydrogen-bond donors (Lipinski definition) is 1. The van der Waals surface area contributed by atoms with Crippen LogP contribution >= 0.6 is 0 Å². The van der Waals surface area contributed by atoms with Crippen LogP contribution in [0.5, 0.6) is 0 Å². The molecule has 0 aliphatic heterocycles. The maximum atomic E-state index is 12.2. The number of pyridine rings is 1. The number of benzene rings is 1. The SMILES string of the molecule is C=C(C)CNS(=O)(=O)c1cccc2cc(C)cnc12. The molecule has 0 spiro atoms. The van der Waals surface area contributed by atoms with E-state index in [2.05, 4.69) is 16.3 Å². The Morgan fingerprint density at radius 3 is 2.84 bits per heavy atom. The molecule has 4 nitrogen and oxygen atoms in total. The van der Waals surface area contributed by atoms with Gasteiger partial charge in [-0.15, -0.1) is 0 Å². The van der Waals surface area contributed by atoms with Gasteiger partial charge in [-0.3, -0.25) is 4.98 Å². The number of nitrogens with one attached hydrogen (secondary N) is 1. The van der Waals surface area contributed by atoms with Crippen molar-refractivity contribution in [3.05, 3.63) is 48.2 Å². The highest BCUT2D eigenvalue weighted by Crippen LogP contribution is 2.21. The molecular formula is C14H16N2O2S. The Bertz CT molecular complexity index is 736. The minimum atomic E-state index is -3.57. The van der Waals surface area contributed by atoms with Crippen LogP contribution in [0.3, 0.4) is 0 Å². The van der Waals surface area contributed by atoms with E-state index in [0.717, 1.165) is 16.5 Å². The molecule has 0 fully saturated rings. The number of aryl methyl sites for hydroxylation is 1. The van der Waals surface area contributed by atoms with Crippen LogP contribution in [0, 0.1) is 6.92 Å². The smallest absolute Gasteiger partial charge is 0.243 e. The largest absolute Gasteiger partial charge is 0.255 e. The minimum absolute atomic E-state index is 0.200. The molecule has 0 radical (unpaired) electrons. The lowest BCUT2D eigenvalue weighted by molar-refractivity contribution is 0.585. The van der Waals surface area contributed by atoms with E-state index < -0.39 is 10.0 Å². The third-order valence-corrected chi connectivity index (χ3v) is 4.10. The van der Waals surface area contributed by atoms with Crippen LogP contribution in [-0.4, -0.2) is 19.9 Å². The van der Waals surface area contributed by atoms with Gasteiger partial charge in [0.15, 0.2) is 0 Å². The fraction of sp³-hybridized carbons (Fsp3) is 0.214. The van der Waals surface area contributed by atoms with Crippen LogP contribution in [0.25, 0.3) is 10.9 Å². The first-order valence-corrected chi connectivity index (χ1v) is 7.38. The van der Waals surface area contributed by atoms with Crippen molar-refractivity contribution in [1.29, 1.82) is 0 Å². The highest BCUT2D eigenvalue weighted by molar-refractivity contribution is 7.89. The van der Waals surface area contributed by atoms with Crippen molar-refractivity contribution in [3.8, 4) is 0 Å². The summed E-state index contributed by atoms with van der Waals surface area (Å²) in [6.45, 7) is 7.60. The van der Waals surface area contributed by atoms with Crippen molar-refractivity contribution in [2.45, 2.75) is 18.7 Å². The summed E-state index contributed by atoms with van der Waals surface area (Å²) in [5, 5.41) is 0.818. The summed E-state index contributed by atoms with van der Waals surface area (Å²) in [5.74, 6) is 0. The molecular weight excluding hydrogens is 260 g/mol. The molecule has 19 heavy (non-hydrogen) atoms. The Hall–Kier alpha value is -1.72. The molecule has 0 saturated carbocycles. The maximum Gasteiger partial charge on any atom is 0.243 e. The molecule has 5 heteroatoms. The number of sulfonamides is 1. The predicted molar refractivity (Wildman–Crippen MR) is 76.5 cm³/mol. The van der Waals surface area contributed by atoms with Gasteiger partial charge < -0.3 is 0 Å². The van der Waals surface area contributed by atoms with Gasteiger partial charge in [-0.1, -0.05) is 24.3 Å². The Morgan fingerprint density at radius 2 is 2.16 bits per heavy atom. The van der Waals surface area contributed by atoms with Crippen LogP contribution in [0.15, 0.2) is 47.5 Å². The third kappa shape index (κ3) is 3.00. The number of fused-ring (bicyclic) bond motifs is 1. The van der Waals surface area contributed by atoms with E-state index in [1.54, 1.807) is 25.3 Å². The van der Waals surface area contributed by atoms with E-state index in [4.69, 9.17) is 0 Å². The van der Waals surface area contributed by atoms with Crippen LogP contribution < -0.4 is 4.72 Å². The van der Waals surface area contributed by atoms with E-state index in [1.165, 1.54) is 0 Å². The Labute approximate surface area is 113 Å². The zero-order valence-corrected chi connectivity index (χ0v) is 11.8. The lowest BCUT2D eigenvalue weighted by Gasteiger charge is -2.09. The second-order valence-corrected chi connectivity index (χ2v) is 6.36. The zero-order chi connectivity index (χ0) is 14.0. The fourth-order valence-corrected chi connectivity index (χ4v) is 3.03. The summed E-state index contributed by atoms with van der Waals surface area (Å²) in [6, 6.07) is 7.05. The van der Waals surface area contributed by atoms with Crippen molar-refractivity contribution in [1.82, 2.24) is 9.71 Å². The van der Waals surface area contributed by atoms with Gasteiger partial charge in [0.25, 0.3) is 0 Å². The van der Waals surface area contributed by atoms with Crippen LogP contribution in [0.4, 0.5) is 0 Å². The molecule has 0 aliphatic rings. The maximum absolute atomic E-state index is 12.2. The van der Waals surface area contributed by atoms with Crippen molar-refractivity contribution in [3.63, 3.8) is 0 Å². The monoisotopic (exact) mass is 276 g/mol. The first-order valence-electron chi connectivity index (χ1n) is 5.89. The van der Waals surface area contributed by atoms with E-state index in [9.17, 15) is 8.42 Å². The molecule has 1 aromatic carbocycles. The molecule has 0 amide bonds. The summed E-state index contributed by atoms with van der Waals surface area (Å²) >= 11 is 0. The molecule has 100 valence electrons. The highest BCUT2D eigenvalue weighted by atomic mass is 32.2.